The van der Waals surface area contributed by atoms with Gasteiger partial charge in [0.1, 0.15) is 5.75 Å². The zero-order chi connectivity index (χ0) is 12.0. The van der Waals surface area contributed by atoms with Gasteiger partial charge in [-0.1, -0.05) is 32.4 Å². The summed E-state index contributed by atoms with van der Waals surface area (Å²) in [4.78, 5) is 0. The van der Waals surface area contributed by atoms with Crippen molar-refractivity contribution < 1.29 is 10.2 Å². The lowest BCUT2D eigenvalue weighted by atomic mass is 10.0. The average Bonchev–Trinajstić information content (AvgIpc) is 2.28. The molecule has 3 heteroatoms. The van der Waals surface area contributed by atoms with Crippen LogP contribution in [-0.4, -0.2) is 22.9 Å². The fraction of sp³-hybridized carbons (Fsp3) is 0.538. The summed E-state index contributed by atoms with van der Waals surface area (Å²) >= 11 is 0. The van der Waals surface area contributed by atoms with Crippen LogP contribution in [0.1, 0.15) is 25.8 Å². The monoisotopic (exact) mass is 223 g/mol. The Morgan fingerprint density at radius 1 is 1.38 bits per heavy atom. The molecule has 3 nitrogen and oxygen atoms in total. The zero-order valence-corrected chi connectivity index (χ0v) is 9.98. The lowest BCUT2D eigenvalue weighted by molar-refractivity contribution is 0.113. The molecule has 2 unspecified atom stereocenters. The Morgan fingerprint density at radius 3 is 2.75 bits per heavy atom. The van der Waals surface area contributed by atoms with Crippen LogP contribution in [0.15, 0.2) is 24.3 Å². The van der Waals surface area contributed by atoms with E-state index in [-0.39, 0.29) is 11.9 Å². The number of aliphatic hydroxyl groups is 1. The average molecular weight is 223 g/mol. The number of aromatic hydroxyl groups is 1. The Labute approximate surface area is 97.1 Å². The first-order valence-electron chi connectivity index (χ1n) is 5.80. The summed E-state index contributed by atoms with van der Waals surface area (Å²) in [5.41, 5.74) is 1.02. The van der Waals surface area contributed by atoms with E-state index in [1.807, 2.05) is 19.1 Å². The maximum absolute atomic E-state index is 9.74. The quantitative estimate of drug-likeness (QED) is 0.690. The maximum atomic E-state index is 9.74. The highest BCUT2D eigenvalue weighted by molar-refractivity contribution is 5.26. The largest absolute Gasteiger partial charge is 0.508 e. The fourth-order valence-electron chi connectivity index (χ4n) is 1.50. The maximum Gasteiger partial charge on any atom is 0.115 e. The van der Waals surface area contributed by atoms with Gasteiger partial charge < -0.3 is 15.5 Å². The van der Waals surface area contributed by atoms with E-state index < -0.39 is 0 Å². The molecule has 0 amide bonds. The highest BCUT2D eigenvalue weighted by Crippen LogP contribution is 2.11. The van der Waals surface area contributed by atoms with Crippen LogP contribution in [-0.2, 0) is 6.54 Å². The number of hydrogen-bond donors (Lipinski definition) is 3. The van der Waals surface area contributed by atoms with E-state index in [2.05, 4.69) is 12.2 Å². The topological polar surface area (TPSA) is 52.5 Å². The van der Waals surface area contributed by atoms with Crippen LogP contribution in [0.2, 0.25) is 0 Å². The Bertz CT molecular complexity index is 315. The van der Waals surface area contributed by atoms with Crippen molar-refractivity contribution in [1.82, 2.24) is 5.32 Å². The van der Waals surface area contributed by atoms with Crippen molar-refractivity contribution in [3.05, 3.63) is 29.8 Å². The molecule has 1 rings (SSSR count). The summed E-state index contributed by atoms with van der Waals surface area (Å²) in [5, 5.41) is 22.2. The van der Waals surface area contributed by atoms with Crippen LogP contribution in [0, 0.1) is 5.92 Å². The SMILES string of the molecule is CCC(C)C(O)CNCc1cccc(O)c1. The predicted molar refractivity (Wildman–Crippen MR) is 65.3 cm³/mol. The van der Waals surface area contributed by atoms with Gasteiger partial charge in [0, 0.05) is 13.1 Å². The third-order valence-corrected chi connectivity index (χ3v) is 2.89. The molecule has 0 aromatic heterocycles. The van der Waals surface area contributed by atoms with Crippen LogP contribution in [0.4, 0.5) is 0 Å². The Morgan fingerprint density at radius 2 is 2.12 bits per heavy atom. The van der Waals surface area contributed by atoms with Crippen molar-refractivity contribution in [2.75, 3.05) is 6.54 Å². The first-order chi connectivity index (χ1) is 7.63. The molecule has 90 valence electrons. The predicted octanol–water partition coefficient (Wildman–Crippen LogP) is 1.89. The summed E-state index contributed by atoms with van der Waals surface area (Å²) < 4.78 is 0. The van der Waals surface area contributed by atoms with Crippen LogP contribution < -0.4 is 5.32 Å². The van der Waals surface area contributed by atoms with Gasteiger partial charge in [-0.3, -0.25) is 0 Å². The summed E-state index contributed by atoms with van der Waals surface area (Å²) in [7, 11) is 0. The zero-order valence-electron chi connectivity index (χ0n) is 9.98. The minimum absolute atomic E-state index is 0.279. The van der Waals surface area contributed by atoms with Crippen LogP contribution in [0.5, 0.6) is 5.75 Å². The lowest BCUT2D eigenvalue weighted by Crippen LogP contribution is -2.31. The van der Waals surface area contributed by atoms with E-state index in [1.54, 1.807) is 12.1 Å². The normalized spacial score (nSPS) is 14.7. The van der Waals surface area contributed by atoms with Crippen molar-refractivity contribution in [2.24, 2.45) is 5.92 Å². The number of phenols is 1. The van der Waals surface area contributed by atoms with Crippen molar-refractivity contribution in [3.8, 4) is 5.75 Å². The van der Waals surface area contributed by atoms with E-state index >= 15 is 0 Å². The van der Waals surface area contributed by atoms with Gasteiger partial charge in [0.05, 0.1) is 6.10 Å². The Hall–Kier alpha value is -1.06. The fourth-order valence-corrected chi connectivity index (χ4v) is 1.50. The van der Waals surface area contributed by atoms with Crippen LogP contribution in [0.25, 0.3) is 0 Å². The molecular formula is C13H21NO2. The van der Waals surface area contributed by atoms with E-state index in [0.29, 0.717) is 19.0 Å². The van der Waals surface area contributed by atoms with Crippen molar-refractivity contribution >= 4 is 0 Å². The number of aliphatic hydroxyl groups excluding tert-OH is 1. The summed E-state index contributed by atoms with van der Waals surface area (Å²) in [6, 6.07) is 7.14. The molecule has 0 radical (unpaired) electrons. The molecule has 0 saturated carbocycles. The molecule has 0 saturated heterocycles. The lowest BCUT2D eigenvalue weighted by Gasteiger charge is -2.17. The van der Waals surface area contributed by atoms with E-state index in [1.165, 1.54) is 0 Å². The van der Waals surface area contributed by atoms with E-state index in [0.717, 1.165) is 12.0 Å². The second kappa shape index (κ2) is 6.51. The van der Waals surface area contributed by atoms with Gasteiger partial charge in [-0.25, -0.2) is 0 Å². The molecule has 1 aromatic rings. The molecule has 0 heterocycles. The summed E-state index contributed by atoms with van der Waals surface area (Å²) in [5.74, 6) is 0.596. The number of hydrogen-bond acceptors (Lipinski definition) is 3. The first kappa shape index (κ1) is 13.0. The van der Waals surface area contributed by atoms with Crippen molar-refractivity contribution in [3.63, 3.8) is 0 Å². The molecule has 0 aliphatic carbocycles. The Kier molecular flexibility index (Phi) is 5.29. The number of phenolic OH excluding ortho intramolecular Hbond substituents is 1. The van der Waals surface area contributed by atoms with Gasteiger partial charge >= 0.3 is 0 Å². The molecule has 3 N–H and O–H groups in total. The van der Waals surface area contributed by atoms with Gasteiger partial charge in [-0.2, -0.15) is 0 Å². The second-order valence-electron chi connectivity index (χ2n) is 4.25. The standard InChI is InChI=1S/C13H21NO2/c1-3-10(2)13(16)9-14-8-11-5-4-6-12(15)7-11/h4-7,10,13-16H,3,8-9H2,1-2H3. The molecule has 1 aromatic carbocycles. The van der Waals surface area contributed by atoms with Crippen LogP contribution >= 0.6 is 0 Å². The Balaban J connectivity index is 2.30. The highest BCUT2D eigenvalue weighted by atomic mass is 16.3. The van der Waals surface area contributed by atoms with Crippen molar-refractivity contribution in [1.29, 1.82) is 0 Å². The molecule has 0 aliphatic rings. The van der Waals surface area contributed by atoms with Crippen LogP contribution in [0.3, 0.4) is 0 Å². The highest BCUT2D eigenvalue weighted by Gasteiger charge is 2.10. The number of benzene rings is 1. The summed E-state index contributed by atoms with van der Waals surface area (Å²) in [6.45, 7) is 5.37. The summed E-state index contributed by atoms with van der Waals surface area (Å²) in [6.07, 6.45) is 0.678. The van der Waals surface area contributed by atoms with E-state index in [9.17, 15) is 10.2 Å². The van der Waals surface area contributed by atoms with E-state index in [4.69, 9.17) is 0 Å². The third-order valence-electron chi connectivity index (χ3n) is 2.89. The van der Waals surface area contributed by atoms with Gasteiger partial charge in [0.25, 0.3) is 0 Å². The molecule has 0 bridgehead atoms. The first-order valence-corrected chi connectivity index (χ1v) is 5.80. The smallest absolute Gasteiger partial charge is 0.115 e. The minimum Gasteiger partial charge on any atom is -0.508 e. The molecule has 2 atom stereocenters. The second-order valence-corrected chi connectivity index (χ2v) is 4.25. The number of nitrogens with one attached hydrogen (secondary N) is 1. The minimum atomic E-state index is -0.303. The molecule has 0 aliphatic heterocycles. The van der Waals surface area contributed by atoms with Gasteiger partial charge in [-0.05, 0) is 23.6 Å². The molecular weight excluding hydrogens is 202 g/mol. The van der Waals surface area contributed by atoms with Gasteiger partial charge in [-0.15, -0.1) is 0 Å². The van der Waals surface area contributed by atoms with Gasteiger partial charge in [0.2, 0.25) is 0 Å². The molecule has 0 fully saturated rings. The third kappa shape index (κ3) is 4.21. The molecule has 16 heavy (non-hydrogen) atoms. The number of rotatable bonds is 6. The molecule has 0 spiro atoms. The van der Waals surface area contributed by atoms with Crippen molar-refractivity contribution in [2.45, 2.75) is 32.9 Å². The van der Waals surface area contributed by atoms with Gasteiger partial charge in [0.15, 0.2) is 0 Å².